The van der Waals surface area contributed by atoms with Crippen LogP contribution in [-0.4, -0.2) is 26.2 Å². The van der Waals surface area contributed by atoms with E-state index in [0.717, 1.165) is 37.4 Å². The molecule has 0 saturated carbocycles. The highest BCUT2D eigenvalue weighted by molar-refractivity contribution is 5.59. The van der Waals surface area contributed by atoms with E-state index in [1.54, 1.807) is 0 Å². The zero-order valence-electron chi connectivity index (χ0n) is 9.45. The number of nitrogens with one attached hydrogen (secondary N) is 1. The Hall–Kier alpha value is -1.53. The summed E-state index contributed by atoms with van der Waals surface area (Å²) in [6.07, 6.45) is 2.40. The highest BCUT2D eigenvalue weighted by Gasteiger charge is 2.11. The summed E-state index contributed by atoms with van der Waals surface area (Å²) in [5, 5.41) is 12.5. The van der Waals surface area contributed by atoms with Crippen molar-refractivity contribution in [1.82, 2.24) is 5.32 Å². The fourth-order valence-electron chi connectivity index (χ4n) is 2.09. The SMILES string of the molecule is N#Cc1ccccc1N1CCCCNCC1. The molecule has 2 rings (SSSR count). The van der Waals surface area contributed by atoms with Crippen molar-refractivity contribution < 1.29 is 0 Å². The van der Waals surface area contributed by atoms with Crippen molar-refractivity contribution in [3.8, 4) is 6.07 Å². The highest BCUT2D eigenvalue weighted by atomic mass is 15.1. The molecular weight excluding hydrogens is 198 g/mol. The lowest BCUT2D eigenvalue weighted by Crippen LogP contribution is -2.36. The zero-order valence-corrected chi connectivity index (χ0v) is 9.45. The van der Waals surface area contributed by atoms with Gasteiger partial charge in [0.25, 0.3) is 0 Å². The summed E-state index contributed by atoms with van der Waals surface area (Å²) in [5.41, 5.74) is 1.86. The fraction of sp³-hybridized carbons (Fsp3) is 0.462. The molecule has 1 aromatic rings. The second-order valence-electron chi connectivity index (χ2n) is 4.07. The molecule has 0 aliphatic carbocycles. The minimum Gasteiger partial charge on any atom is -0.369 e. The van der Waals surface area contributed by atoms with Crippen molar-refractivity contribution in [2.24, 2.45) is 0 Å². The Morgan fingerprint density at radius 1 is 1.12 bits per heavy atom. The van der Waals surface area contributed by atoms with Crippen LogP contribution in [0.2, 0.25) is 0 Å². The molecule has 0 bridgehead atoms. The van der Waals surface area contributed by atoms with E-state index in [1.165, 1.54) is 12.8 Å². The van der Waals surface area contributed by atoms with Crippen LogP contribution in [0.15, 0.2) is 24.3 Å². The van der Waals surface area contributed by atoms with Crippen LogP contribution in [-0.2, 0) is 0 Å². The predicted molar refractivity (Wildman–Crippen MR) is 65.5 cm³/mol. The number of benzene rings is 1. The molecule has 16 heavy (non-hydrogen) atoms. The van der Waals surface area contributed by atoms with Gasteiger partial charge in [0.2, 0.25) is 0 Å². The van der Waals surface area contributed by atoms with Crippen LogP contribution in [0.25, 0.3) is 0 Å². The van der Waals surface area contributed by atoms with E-state index < -0.39 is 0 Å². The molecule has 0 spiro atoms. The number of hydrogen-bond donors (Lipinski definition) is 1. The molecular formula is C13H17N3. The van der Waals surface area contributed by atoms with Crippen LogP contribution >= 0.6 is 0 Å². The maximum Gasteiger partial charge on any atom is 0.101 e. The Bertz CT molecular complexity index is 373. The minimum atomic E-state index is 0.781. The van der Waals surface area contributed by atoms with Crippen LogP contribution in [0, 0.1) is 11.3 Å². The van der Waals surface area contributed by atoms with E-state index >= 15 is 0 Å². The normalized spacial score (nSPS) is 17.3. The third-order valence-corrected chi connectivity index (χ3v) is 2.96. The first-order valence-corrected chi connectivity index (χ1v) is 5.86. The summed E-state index contributed by atoms with van der Waals surface area (Å²) < 4.78 is 0. The van der Waals surface area contributed by atoms with Gasteiger partial charge in [-0.25, -0.2) is 0 Å². The van der Waals surface area contributed by atoms with E-state index in [9.17, 15) is 0 Å². The van der Waals surface area contributed by atoms with Gasteiger partial charge in [-0.05, 0) is 31.5 Å². The van der Waals surface area contributed by atoms with Crippen LogP contribution in [0.1, 0.15) is 18.4 Å². The molecule has 3 nitrogen and oxygen atoms in total. The molecule has 1 aliphatic heterocycles. The van der Waals surface area contributed by atoms with Gasteiger partial charge >= 0.3 is 0 Å². The lowest BCUT2D eigenvalue weighted by molar-refractivity contribution is 0.567. The van der Waals surface area contributed by atoms with Gasteiger partial charge in [0.1, 0.15) is 6.07 Å². The molecule has 1 saturated heterocycles. The molecule has 3 heteroatoms. The Kier molecular flexibility index (Phi) is 3.79. The van der Waals surface area contributed by atoms with Crippen molar-refractivity contribution in [1.29, 1.82) is 5.26 Å². The molecule has 0 aromatic heterocycles. The first-order chi connectivity index (χ1) is 7.92. The van der Waals surface area contributed by atoms with Crippen LogP contribution < -0.4 is 10.2 Å². The lowest BCUT2D eigenvalue weighted by Gasteiger charge is -2.27. The monoisotopic (exact) mass is 215 g/mol. The number of anilines is 1. The standard InChI is InChI=1S/C13H17N3/c14-11-12-5-1-2-6-13(12)16-9-4-3-7-15-8-10-16/h1-2,5-6,15H,3-4,7-10H2. The number of nitrogens with zero attached hydrogens (tertiary/aromatic N) is 2. The second-order valence-corrected chi connectivity index (χ2v) is 4.07. The third kappa shape index (κ3) is 2.53. The Morgan fingerprint density at radius 2 is 2.00 bits per heavy atom. The summed E-state index contributed by atoms with van der Waals surface area (Å²) in [7, 11) is 0. The molecule has 0 atom stereocenters. The summed E-state index contributed by atoms with van der Waals surface area (Å²) in [4.78, 5) is 2.31. The smallest absolute Gasteiger partial charge is 0.101 e. The van der Waals surface area contributed by atoms with Gasteiger partial charge in [-0.15, -0.1) is 0 Å². The second kappa shape index (κ2) is 5.53. The number of para-hydroxylation sites is 1. The van der Waals surface area contributed by atoms with Crippen molar-refractivity contribution in [3.05, 3.63) is 29.8 Å². The van der Waals surface area contributed by atoms with Gasteiger partial charge in [-0.3, -0.25) is 0 Å². The van der Waals surface area contributed by atoms with Crippen molar-refractivity contribution in [2.75, 3.05) is 31.1 Å². The molecule has 0 unspecified atom stereocenters. The maximum atomic E-state index is 9.08. The molecule has 0 radical (unpaired) electrons. The lowest BCUT2D eigenvalue weighted by atomic mass is 10.1. The largest absolute Gasteiger partial charge is 0.369 e. The van der Waals surface area contributed by atoms with E-state index in [-0.39, 0.29) is 0 Å². The van der Waals surface area contributed by atoms with Gasteiger partial charge < -0.3 is 10.2 Å². The molecule has 84 valence electrons. The first-order valence-electron chi connectivity index (χ1n) is 5.86. The average Bonchev–Trinajstić information content (AvgIpc) is 2.29. The maximum absolute atomic E-state index is 9.08. The zero-order chi connectivity index (χ0) is 11.2. The topological polar surface area (TPSA) is 39.1 Å². The van der Waals surface area contributed by atoms with Crippen molar-refractivity contribution >= 4 is 5.69 Å². The summed E-state index contributed by atoms with van der Waals surface area (Å²) in [6.45, 7) is 4.16. The van der Waals surface area contributed by atoms with Crippen LogP contribution in [0.4, 0.5) is 5.69 Å². The van der Waals surface area contributed by atoms with Gasteiger partial charge in [0, 0.05) is 19.6 Å². The molecule has 0 amide bonds. The van der Waals surface area contributed by atoms with Gasteiger partial charge in [0.15, 0.2) is 0 Å². The quantitative estimate of drug-likeness (QED) is 0.775. The average molecular weight is 215 g/mol. The number of hydrogen-bond acceptors (Lipinski definition) is 3. The van der Waals surface area contributed by atoms with E-state index in [2.05, 4.69) is 16.3 Å². The molecule has 1 aliphatic rings. The predicted octanol–water partition coefficient (Wildman–Crippen LogP) is 1.75. The van der Waals surface area contributed by atoms with Gasteiger partial charge in [-0.2, -0.15) is 5.26 Å². The van der Waals surface area contributed by atoms with Crippen LogP contribution in [0.5, 0.6) is 0 Å². The van der Waals surface area contributed by atoms with Crippen molar-refractivity contribution in [2.45, 2.75) is 12.8 Å². The van der Waals surface area contributed by atoms with Crippen LogP contribution in [0.3, 0.4) is 0 Å². The van der Waals surface area contributed by atoms with Crippen molar-refractivity contribution in [3.63, 3.8) is 0 Å². The Morgan fingerprint density at radius 3 is 2.88 bits per heavy atom. The van der Waals surface area contributed by atoms with Gasteiger partial charge in [0.05, 0.1) is 11.3 Å². The number of rotatable bonds is 1. The molecule has 1 heterocycles. The minimum absolute atomic E-state index is 0.781. The van der Waals surface area contributed by atoms with E-state index in [1.807, 2.05) is 24.3 Å². The number of nitriles is 1. The molecule has 1 N–H and O–H groups in total. The Labute approximate surface area is 96.7 Å². The summed E-state index contributed by atoms with van der Waals surface area (Å²) >= 11 is 0. The van der Waals surface area contributed by atoms with E-state index in [0.29, 0.717) is 0 Å². The highest BCUT2D eigenvalue weighted by Crippen LogP contribution is 2.20. The Balaban J connectivity index is 2.17. The third-order valence-electron chi connectivity index (χ3n) is 2.96. The van der Waals surface area contributed by atoms with E-state index in [4.69, 9.17) is 5.26 Å². The van der Waals surface area contributed by atoms with Gasteiger partial charge in [-0.1, -0.05) is 12.1 Å². The first kappa shape index (κ1) is 11.0. The molecule has 1 aromatic carbocycles. The fourth-order valence-corrected chi connectivity index (χ4v) is 2.09. The summed E-state index contributed by atoms with van der Waals surface area (Å²) in [5.74, 6) is 0. The molecule has 1 fully saturated rings. The summed E-state index contributed by atoms with van der Waals surface area (Å²) in [6, 6.07) is 10.1.